The van der Waals surface area contributed by atoms with Gasteiger partial charge in [-0.1, -0.05) is 0 Å². The zero-order chi connectivity index (χ0) is 15.6. The first-order valence-electron chi connectivity index (χ1n) is 7.48. The maximum absolute atomic E-state index is 13.3. The standard InChI is InChI=1S/C16H15FN6/c17-14-10-12(3-5-18-14)22-6-8-23(9-7-22)16-13-2-1-4-19-15(13)20-11-21-16/h1-5,10-11H,6-9H2. The first kappa shape index (κ1) is 13.8. The first-order valence-corrected chi connectivity index (χ1v) is 7.48. The maximum atomic E-state index is 13.3. The van der Waals surface area contributed by atoms with Crippen LogP contribution < -0.4 is 9.80 Å². The number of fused-ring (bicyclic) bond motifs is 1. The van der Waals surface area contributed by atoms with Crippen LogP contribution in [0.2, 0.25) is 0 Å². The number of aromatic nitrogens is 4. The van der Waals surface area contributed by atoms with E-state index in [0.717, 1.165) is 43.1 Å². The Bertz CT molecular complexity index is 826. The molecule has 3 aromatic heterocycles. The van der Waals surface area contributed by atoms with Crippen molar-refractivity contribution >= 4 is 22.5 Å². The zero-order valence-electron chi connectivity index (χ0n) is 12.4. The van der Waals surface area contributed by atoms with Crippen molar-refractivity contribution in [1.82, 2.24) is 19.9 Å². The second-order valence-corrected chi connectivity index (χ2v) is 5.38. The predicted molar refractivity (Wildman–Crippen MR) is 86.0 cm³/mol. The third-order valence-electron chi connectivity index (χ3n) is 4.04. The lowest BCUT2D eigenvalue weighted by Crippen LogP contribution is -2.47. The Balaban J connectivity index is 1.55. The highest BCUT2D eigenvalue weighted by molar-refractivity contribution is 5.86. The Morgan fingerprint density at radius 2 is 1.70 bits per heavy atom. The monoisotopic (exact) mass is 310 g/mol. The summed E-state index contributed by atoms with van der Waals surface area (Å²) in [5, 5.41) is 0.957. The van der Waals surface area contributed by atoms with Crippen LogP contribution in [-0.2, 0) is 0 Å². The number of hydrogen-bond donors (Lipinski definition) is 0. The van der Waals surface area contributed by atoms with Crippen LogP contribution in [0, 0.1) is 5.95 Å². The second-order valence-electron chi connectivity index (χ2n) is 5.38. The SMILES string of the molecule is Fc1cc(N2CCN(c3ncnc4ncccc34)CC2)ccn1. The van der Waals surface area contributed by atoms with Crippen molar-refractivity contribution in [3.05, 3.63) is 48.9 Å². The summed E-state index contributed by atoms with van der Waals surface area (Å²) in [4.78, 5) is 20.9. The minimum Gasteiger partial charge on any atom is -0.368 e. The summed E-state index contributed by atoms with van der Waals surface area (Å²) < 4.78 is 13.3. The number of anilines is 2. The molecule has 0 saturated carbocycles. The van der Waals surface area contributed by atoms with Gasteiger partial charge in [0.2, 0.25) is 5.95 Å². The molecule has 0 aromatic carbocycles. The van der Waals surface area contributed by atoms with E-state index in [1.807, 2.05) is 18.2 Å². The number of halogens is 1. The second kappa shape index (κ2) is 5.75. The van der Waals surface area contributed by atoms with Crippen molar-refractivity contribution in [3.8, 4) is 0 Å². The van der Waals surface area contributed by atoms with Gasteiger partial charge in [0.25, 0.3) is 0 Å². The number of hydrogen-bond acceptors (Lipinski definition) is 6. The van der Waals surface area contributed by atoms with Gasteiger partial charge in [-0.3, -0.25) is 0 Å². The summed E-state index contributed by atoms with van der Waals surface area (Å²) >= 11 is 0. The minimum absolute atomic E-state index is 0.446. The fourth-order valence-electron chi connectivity index (χ4n) is 2.90. The molecule has 116 valence electrons. The smallest absolute Gasteiger partial charge is 0.214 e. The molecule has 23 heavy (non-hydrogen) atoms. The van der Waals surface area contributed by atoms with Gasteiger partial charge < -0.3 is 9.80 Å². The minimum atomic E-state index is -0.446. The molecule has 6 nitrogen and oxygen atoms in total. The normalized spacial score (nSPS) is 15.2. The molecule has 3 aromatic rings. The Kier molecular flexibility index (Phi) is 3.45. The van der Waals surface area contributed by atoms with Crippen LogP contribution >= 0.6 is 0 Å². The largest absolute Gasteiger partial charge is 0.368 e. The lowest BCUT2D eigenvalue weighted by molar-refractivity contribution is 0.580. The first-order chi connectivity index (χ1) is 11.3. The van der Waals surface area contributed by atoms with Gasteiger partial charge in [0, 0.05) is 50.3 Å². The predicted octanol–water partition coefficient (Wildman–Crippen LogP) is 1.89. The summed E-state index contributed by atoms with van der Waals surface area (Å²) in [5.41, 5.74) is 1.57. The van der Waals surface area contributed by atoms with Crippen molar-refractivity contribution < 1.29 is 4.39 Å². The van der Waals surface area contributed by atoms with Gasteiger partial charge in [-0.15, -0.1) is 0 Å². The van der Waals surface area contributed by atoms with E-state index in [-0.39, 0.29) is 0 Å². The molecule has 0 N–H and O–H groups in total. The van der Waals surface area contributed by atoms with Crippen LogP contribution in [-0.4, -0.2) is 46.1 Å². The molecule has 0 amide bonds. The molecule has 0 spiro atoms. The Hall–Kier alpha value is -2.83. The molecule has 4 rings (SSSR count). The van der Waals surface area contributed by atoms with Gasteiger partial charge in [0.1, 0.15) is 12.1 Å². The molecular weight excluding hydrogens is 295 g/mol. The van der Waals surface area contributed by atoms with Gasteiger partial charge in [-0.25, -0.2) is 19.9 Å². The molecular formula is C16H15FN6. The van der Waals surface area contributed by atoms with E-state index in [4.69, 9.17) is 0 Å². The number of piperazine rings is 1. The zero-order valence-corrected chi connectivity index (χ0v) is 12.4. The van der Waals surface area contributed by atoms with Crippen molar-refractivity contribution in [2.75, 3.05) is 36.0 Å². The molecule has 1 fully saturated rings. The summed E-state index contributed by atoms with van der Waals surface area (Å²) in [6, 6.07) is 7.19. The molecule has 0 unspecified atom stereocenters. The molecule has 0 atom stereocenters. The molecule has 1 aliphatic rings. The van der Waals surface area contributed by atoms with Crippen LogP contribution in [0.3, 0.4) is 0 Å². The van der Waals surface area contributed by atoms with Gasteiger partial charge in [0.05, 0.1) is 5.39 Å². The van der Waals surface area contributed by atoms with E-state index in [1.54, 1.807) is 12.5 Å². The number of pyridine rings is 2. The van der Waals surface area contributed by atoms with Crippen LogP contribution in [0.25, 0.3) is 11.0 Å². The highest BCUT2D eigenvalue weighted by Crippen LogP contribution is 2.24. The summed E-state index contributed by atoms with van der Waals surface area (Å²) in [6.45, 7) is 3.22. The quantitative estimate of drug-likeness (QED) is 0.674. The van der Waals surface area contributed by atoms with E-state index in [9.17, 15) is 4.39 Å². The lowest BCUT2D eigenvalue weighted by atomic mass is 10.2. The lowest BCUT2D eigenvalue weighted by Gasteiger charge is -2.36. The highest BCUT2D eigenvalue weighted by atomic mass is 19.1. The van der Waals surface area contributed by atoms with Crippen LogP contribution in [0.5, 0.6) is 0 Å². The van der Waals surface area contributed by atoms with Crippen LogP contribution in [0.1, 0.15) is 0 Å². The Labute approximate surface area is 132 Å². The third-order valence-corrected chi connectivity index (χ3v) is 4.04. The van der Waals surface area contributed by atoms with Crippen molar-refractivity contribution in [3.63, 3.8) is 0 Å². The van der Waals surface area contributed by atoms with Crippen molar-refractivity contribution in [2.45, 2.75) is 0 Å². The average molecular weight is 310 g/mol. The fraction of sp³-hybridized carbons (Fsp3) is 0.250. The van der Waals surface area contributed by atoms with Crippen molar-refractivity contribution in [1.29, 1.82) is 0 Å². The number of nitrogens with zero attached hydrogens (tertiary/aromatic N) is 6. The summed E-state index contributed by atoms with van der Waals surface area (Å²) in [6.07, 6.45) is 4.78. The Morgan fingerprint density at radius 1 is 0.870 bits per heavy atom. The third kappa shape index (κ3) is 2.65. The van der Waals surface area contributed by atoms with Gasteiger partial charge in [-0.05, 0) is 18.2 Å². The van der Waals surface area contributed by atoms with Crippen LogP contribution in [0.15, 0.2) is 43.0 Å². The van der Waals surface area contributed by atoms with E-state index < -0.39 is 5.95 Å². The highest BCUT2D eigenvalue weighted by Gasteiger charge is 2.20. The molecule has 0 aliphatic carbocycles. The van der Waals surface area contributed by atoms with E-state index >= 15 is 0 Å². The van der Waals surface area contributed by atoms with Crippen molar-refractivity contribution in [2.24, 2.45) is 0 Å². The topological polar surface area (TPSA) is 58.0 Å². The van der Waals surface area contributed by atoms with Gasteiger partial charge >= 0.3 is 0 Å². The van der Waals surface area contributed by atoms with Gasteiger partial charge in [-0.2, -0.15) is 4.39 Å². The van der Waals surface area contributed by atoms with E-state index in [2.05, 4.69) is 29.7 Å². The van der Waals surface area contributed by atoms with E-state index in [0.29, 0.717) is 5.65 Å². The summed E-state index contributed by atoms with van der Waals surface area (Å²) in [7, 11) is 0. The average Bonchev–Trinajstić information content (AvgIpc) is 2.61. The molecule has 1 aliphatic heterocycles. The fourth-order valence-corrected chi connectivity index (χ4v) is 2.90. The Morgan fingerprint density at radius 3 is 2.52 bits per heavy atom. The van der Waals surface area contributed by atoms with Gasteiger partial charge in [0.15, 0.2) is 5.65 Å². The van der Waals surface area contributed by atoms with E-state index in [1.165, 1.54) is 12.3 Å². The molecule has 7 heteroatoms. The molecule has 0 radical (unpaired) electrons. The molecule has 4 heterocycles. The summed E-state index contributed by atoms with van der Waals surface area (Å²) in [5.74, 6) is 0.460. The molecule has 1 saturated heterocycles. The van der Waals surface area contributed by atoms with Crippen LogP contribution in [0.4, 0.5) is 15.9 Å². The maximum Gasteiger partial charge on any atom is 0.214 e. The molecule has 0 bridgehead atoms. The number of rotatable bonds is 2.